The largest absolute Gasteiger partial charge is 0.398 e. The Labute approximate surface area is 126 Å². The molecule has 1 aliphatic rings. The molecule has 2 rings (SSSR count). The number of carbonyl (C=O) groups excluding carboxylic acids is 1. The maximum Gasteiger partial charge on any atom is 0.253 e. The summed E-state index contributed by atoms with van der Waals surface area (Å²) < 4.78 is 0. The molecule has 0 heterocycles. The van der Waals surface area contributed by atoms with Crippen LogP contribution in [-0.2, 0) is 0 Å². The Kier molecular flexibility index (Phi) is 4.88. The molecule has 0 unspecified atom stereocenters. The molecule has 21 heavy (non-hydrogen) atoms. The molecule has 0 bridgehead atoms. The molecule has 0 atom stereocenters. The summed E-state index contributed by atoms with van der Waals surface area (Å²) in [6.07, 6.45) is 4.76. The van der Waals surface area contributed by atoms with E-state index >= 15 is 0 Å². The Morgan fingerprint density at radius 1 is 1.43 bits per heavy atom. The zero-order valence-corrected chi connectivity index (χ0v) is 13.0. The van der Waals surface area contributed by atoms with E-state index in [1.54, 1.807) is 6.07 Å². The van der Waals surface area contributed by atoms with Crippen LogP contribution >= 0.6 is 0 Å². The Morgan fingerprint density at radius 2 is 2.10 bits per heavy atom. The number of benzene rings is 1. The number of amides is 1. The first-order chi connectivity index (χ1) is 9.95. The maximum atomic E-state index is 12.2. The minimum absolute atomic E-state index is 0.206. The van der Waals surface area contributed by atoms with E-state index in [2.05, 4.69) is 12.2 Å². The zero-order chi connectivity index (χ0) is 15.5. The van der Waals surface area contributed by atoms with Crippen molar-refractivity contribution in [1.29, 1.82) is 0 Å². The summed E-state index contributed by atoms with van der Waals surface area (Å²) in [7, 11) is 0. The van der Waals surface area contributed by atoms with E-state index in [4.69, 9.17) is 5.73 Å². The molecule has 1 fully saturated rings. The molecule has 0 spiro atoms. The first kappa shape index (κ1) is 15.8. The molecule has 1 saturated carbocycles. The van der Waals surface area contributed by atoms with E-state index in [-0.39, 0.29) is 5.91 Å². The highest BCUT2D eigenvalue weighted by Crippen LogP contribution is 2.33. The second-order valence-electron chi connectivity index (χ2n) is 6.29. The predicted octanol–water partition coefficient (Wildman–Crippen LogP) is 2.64. The number of para-hydroxylation sites is 1. The van der Waals surface area contributed by atoms with Gasteiger partial charge in [0.05, 0.1) is 11.2 Å². The molecule has 1 amide bonds. The lowest BCUT2D eigenvalue weighted by atomic mass is 9.78. The third kappa shape index (κ3) is 3.76. The van der Waals surface area contributed by atoms with Crippen LogP contribution < -0.4 is 11.1 Å². The van der Waals surface area contributed by atoms with Crippen LogP contribution in [0.1, 0.15) is 54.9 Å². The predicted molar refractivity (Wildman–Crippen MR) is 85.1 cm³/mol. The Bertz CT molecular complexity index is 506. The van der Waals surface area contributed by atoms with Crippen LogP contribution in [0.5, 0.6) is 0 Å². The Morgan fingerprint density at radius 3 is 2.71 bits per heavy atom. The van der Waals surface area contributed by atoms with E-state index in [1.807, 2.05) is 19.1 Å². The highest BCUT2D eigenvalue weighted by atomic mass is 16.3. The van der Waals surface area contributed by atoms with E-state index in [0.717, 1.165) is 31.2 Å². The van der Waals surface area contributed by atoms with Crippen molar-refractivity contribution in [2.24, 2.45) is 5.92 Å². The van der Waals surface area contributed by atoms with Gasteiger partial charge in [-0.2, -0.15) is 0 Å². The first-order valence-corrected chi connectivity index (χ1v) is 7.81. The number of hydrogen-bond acceptors (Lipinski definition) is 3. The summed E-state index contributed by atoms with van der Waals surface area (Å²) in [6.45, 7) is 4.37. The molecule has 0 aromatic heterocycles. The minimum Gasteiger partial charge on any atom is -0.398 e. The minimum atomic E-state index is -0.764. The topological polar surface area (TPSA) is 75.3 Å². The van der Waals surface area contributed by atoms with E-state index < -0.39 is 5.60 Å². The average molecular weight is 290 g/mol. The molecule has 4 N–H and O–H groups in total. The van der Waals surface area contributed by atoms with Gasteiger partial charge in [-0.1, -0.05) is 25.5 Å². The Hall–Kier alpha value is -1.55. The summed E-state index contributed by atoms with van der Waals surface area (Å²) in [5.74, 6) is 0.510. The number of nitrogens with two attached hydrogens (primary N) is 1. The lowest BCUT2D eigenvalue weighted by molar-refractivity contribution is -0.00786. The van der Waals surface area contributed by atoms with E-state index in [0.29, 0.717) is 23.7 Å². The Balaban J connectivity index is 1.94. The van der Waals surface area contributed by atoms with Crippen molar-refractivity contribution in [2.45, 2.75) is 51.6 Å². The van der Waals surface area contributed by atoms with Crippen molar-refractivity contribution in [1.82, 2.24) is 5.32 Å². The number of carbonyl (C=O) groups is 1. The van der Waals surface area contributed by atoms with Crippen LogP contribution in [0, 0.1) is 12.8 Å². The van der Waals surface area contributed by atoms with E-state index in [1.165, 1.54) is 6.42 Å². The van der Waals surface area contributed by atoms with Gasteiger partial charge in [0.2, 0.25) is 0 Å². The third-order valence-corrected chi connectivity index (χ3v) is 4.76. The van der Waals surface area contributed by atoms with Gasteiger partial charge in [-0.15, -0.1) is 0 Å². The van der Waals surface area contributed by atoms with Gasteiger partial charge in [0.1, 0.15) is 0 Å². The van der Waals surface area contributed by atoms with Crippen molar-refractivity contribution in [2.75, 3.05) is 12.3 Å². The van der Waals surface area contributed by atoms with Gasteiger partial charge in [-0.25, -0.2) is 0 Å². The highest BCUT2D eigenvalue weighted by Gasteiger charge is 2.33. The zero-order valence-electron chi connectivity index (χ0n) is 13.0. The molecule has 116 valence electrons. The van der Waals surface area contributed by atoms with Crippen LogP contribution in [0.15, 0.2) is 18.2 Å². The number of aliphatic hydroxyl groups is 1. The van der Waals surface area contributed by atoms with E-state index in [9.17, 15) is 9.90 Å². The van der Waals surface area contributed by atoms with Crippen molar-refractivity contribution in [3.8, 4) is 0 Å². The molecule has 4 nitrogen and oxygen atoms in total. The molecule has 1 aliphatic carbocycles. The van der Waals surface area contributed by atoms with Crippen LogP contribution in [-0.4, -0.2) is 23.2 Å². The fourth-order valence-corrected chi connectivity index (χ4v) is 3.02. The summed E-state index contributed by atoms with van der Waals surface area (Å²) >= 11 is 0. The SMILES string of the molecule is CCC1CCC(O)(CNC(=O)c2cccc(C)c2N)CC1. The molecule has 1 aromatic rings. The summed E-state index contributed by atoms with van der Waals surface area (Å²) in [5.41, 5.74) is 7.07. The lowest BCUT2D eigenvalue weighted by Gasteiger charge is -2.35. The molecule has 0 aliphatic heterocycles. The van der Waals surface area contributed by atoms with Gasteiger partial charge in [0.15, 0.2) is 0 Å². The monoisotopic (exact) mass is 290 g/mol. The molecule has 0 saturated heterocycles. The van der Waals surface area contributed by atoms with Crippen molar-refractivity contribution < 1.29 is 9.90 Å². The average Bonchev–Trinajstić information content (AvgIpc) is 2.49. The normalized spacial score (nSPS) is 25.6. The molecule has 4 heteroatoms. The fraction of sp³-hybridized carbons (Fsp3) is 0.588. The smallest absolute Gasteiger partial charge is 0.253 e. The second-order valence-corrected chi connectivity index (χ2v) is 6.29. The molecule has 1 aromatic carbocycles. The van der Waals surface area contributed by atoms with Gasteiger partial charge in [0.25, 0.3) is 5.91 Å². The third-order valence-electron chi connectivity index (χ3n) is 4.76. The lowest BCUT2D eigenvalue weighted by Crippen LogP contribution is -2.45. The quantitative estimate of drug-likeness (QED) is 0.746. The summed E-state index contributed by atoms with van der Waals surface area (Å²) in [5, 5.41) is 13.4. The van der Waals surface area contributed by atoms with Crippen LogP contribution in [0.2, 0.25) is 0 Å². The van der Waals surface area contributed by atoms with Gasteiger partial charge in [-0.3, -0.25) is 4.79 Å². The maximum absolute atomic E-state index is 12.2. The number of rotatable bonds is 4. The van der Waals surface area contributed by atoms with Crippen LogP contribution in [0.3, 0.4) is 0 Å². The highest BCUT2D eigenvalue weighted by molar-refractivity contribution is 5.99. The second kappa shape index (κ2) is 6.48. The van der Waals surface area contributed by atoms with Crippen LogP contribution in [0.4, 0.5) is 5.69 Å². The standard InChI is InChI=1S/C17H26N2O2/c1-3-13-7-9-17(21,10-8-13)11-19-16(20)14-6-4-5-12(2)15(14)18/h4-6,13,21H,3,7-11,18H2,1-2H3,(H,19,20). The van der Waals surface area contributed by atoms with Crippen molar-refractivity contribution >= 4 is 11.6 Å². The number of aryl methyl sites for hydroxylation is 1. The first-order valence-electron chi connectivity index (χ1n) is 7.81. The summed E-state index contributed by atoms with van der Waals surface area (Å²) in [6, 6.07) is 5.42. The van der Waals surface area contributed by atoms with Crippen molar-refractivity contribution in [3.05, 3.63) is 29.3 Å². The number of nitrogen functional groups attached to an aromatic ring is 1. The number of nitrogens with one attached hydrogen (secondary N) is 1. The van der Waals surface area contributed by atoms with Gasteiger partial charge >= 0.3 is 0 Å². The van der Waals surface area contributed by atoms with Gasteiger partial charge in [-0.05, 0) is 50.2 Å². The number of hydrogen-bond donors (Lipinski definition) is 3. The number of anilines is 1. The van der Waals surface area contributed by atoms with Gasteiger partial charge in [0, 0.05) is 12.2 Å². The fourth-order valence-electron chi connectivity index (χ4n) is 3.02. The van der Waals surface area contributed by atoms with Crippen LogP contribution in [0.25, 0.3) is 0 Å². The molecular formula is C17H26N2O2. The molecular weight excluding hydrogens is 264 g/mol. The van der Waals surface area contributed by atoms with Crippen molar-refractivity contribution in [3.63, 3.8) is 0 Å². The molecule has 0 radical (unpaired) electrons. The van der Waals surface area contributed by atoms with Gasteiger partial charge < -0.3 is 16.2 Å². The summed E-state index contributed by atoms with van der Waals surface area (Å²) in [4.78, 5) is 12.2.